The standard InChI is InChI=1S/C11H13N3/c1-2-6-14(5-1)10-3-4-11-9(7-10)8-12-13-11/h3-4,7-8H,1-2,5-6H2,(H,12,13). The Hall–Kier alpha value is -1.51. The van der Waals surface area contributed by atoms with Gasteiger partial charge in [-0.2, -0.15) is 5.10 Å². The van der Waals surface area contributed by atoms with Gasteiger partial charge in [-0.3, -0.25) is 5.10 Å². The molecule has 3 nitrogen and oxygen atoms in total. The van der Waals surface area contributed by atoms with Crippen LogP contribution in [0.15, 0.2) is 24.4 Å². The molecule has 1 saturated heterocycles. The van der Waals surface area contributed by atoms with E-state index in [0.29, 0.717) is 0 Å². The van der Waals surface area contributed by atoms with Crippen LogP contribution in [-0.4, -0.2) is 23.3 Å². The third-order valence-electron chi connectivity index (χ3n) is 2.89. The lowest BCUT2D eigenvalue weighted by molar-refractivity contribution is 0.949. The van der Waals surface area contributed by atoms with E-state index in [1.54, 1.807) is 0 Å². The number of benzene rings is 1. The average Bonchev–Trinajstić information content (AvgIpc) is 2.88. The summed E-state index contributed by atoms with van der Waals surface area (Å²) < 4.78 is 0. The molecule has 1 fully saturated rings. The molecule has 0 spiro atoms. The molecule has 0 unspecified atom stereocenters. The Morgan fingerprint density at radius 1 is 1.21 bits per heavy atom. The zero-order valence-electron chi connectivity index (χ0n) is 8.03. The summed E-state index contributed by atoms with van der Waals surface area (Å²) in [4.78, 5) is 2.44. The first kappa shape index (κ1) is 7.85. The number of hydrogen-bond acceptors (Lipinski definition) is 2. The van der Waals surface area contributed by atoms with Crippen LogP contribution in [0.25, 0.3) is 10.9 Å². The van der Waals surface area contributed by atoms with Crippen molar-refractivity contribution in [3.63, 3.8) is 0 Å². The summed E-state index contributed by atoms with van der Waals surface area (Å²) in [7, 11) is 0. The van der Waals surface area contributed by atoms with Gasteiger partial charge in [0.25, 0.3) is 0 Å². The Balaban J connectivity index is 2.04. The summed E-state index contributed by atoms with van der Waals surface area (Å²) in [6.45, 7) is 2.40. The van der Waals surface area contributed by atoms with E-state index in [1.807, 2.05) is 6.20 Å². The molecule has 1 N–H and O–H groups in total. The second-order valence-corrected chi connectivity index (χ2v) is 3.84. The zero-order valence-corrected chi connectivity index (χ0v) is 8.03. The number of nitrogens with zero attached hydrogens (tertiary/aromatic N) is 2. The number of aromatic nitrogens is 2. The molecule has 72 valence electrons. The van der Waals surface area contributed by atoms with Crippen molar-refractivity contribution < 1.29 is 0 Å². The van der Waals surface area contributed by atoms with Crippen LogP contribution < -0.4 is 4.90 Å². The van der Waals surface area contributed by atoms with Gasteiger partial charge in [-0.25, -0.2) is 0 Å². The van der Waals surface area contributed by atoms with Crippen molar-refractivity contribution >= 4 is 16.6 Å². The van der Waals surface area contributed by atoms with Gasteiger partial charge in [-0.15, -0.1) is 0 Å². The molecular formula is C11H13N3. The van der Waals surface area contributed by atoms with E-state index in [0.717, 1.165) is 5.52 Å². The van der Waals surface area contributed by atoms with E-state index in [1.165, 1.54) is 37.0 Å². The lowest BCUT2D eigenvalue weighted by Gasteiger charge is -2.17. The van der Waals surface area contributed by atoms with Crippen LogP contribution in [0, 0.1) is 0 Å². The van der Waals surface area contributed by atoms with Crippen LogP contribution in [0.2, 0.25) is 0 Å². The van der Waals surface area contributed by atoms with E-state index >= 15 is 0 Å². The van der Waals surface area contributed by atoms with Crippen LogP contribution in [0.1, 0.15) is 12.8 Å². The topological polar surface area (TPSA) is 31.9 Å². The van der Waals surface area contributed by atoms with Gasteiger partial charge in [0.05, 0.1) is 11.7 Å². The second kappa shape index (κ2) is 3.01. The molecule has 0 amide bonds. The number of fused-ring (bicyclic) bond motifs is 1. The molecule has 3 rings (SSSR count). The third-order valence-corrected chi connectivity index (χ3v) is 2.89. The Morgan fingerprint density at radius 2 is 2.07 bits per heavy atom. The monoisotopic (exact) mass is 187 g/mol. The van der Waals surface area contributed by atoms with E-state index < -0.39 is 0 Å². The first-order valence-corrected chi connectivity index (χ1v) is 5.11. The first-order valence-electron chi connectivity index (χ1n) is 5.11. The molecule has 14 heavy (non-hydrogen) atoms. The highest BCUT2D eigenvalue weighted by molar-refractivity contribution is 5.82. The van der Waals surface area contributed by atoms with E-state index in [9.17, 15) is 0 Å². The van der Waals surface area contributed by atoms with Crippen LogP contribution in [0.3, 0.4) is 0 Å². The summed E-state index contributed by atoms with van der Waals surface area (Å²) in [5.41, 5.74) is 2.45. The molecule has 0 bridgehead atoms. The molecule has 2 heterocycles. The molecule has 0 atom stereocenters. The number of aromatic amines is 1. The van der Waals surface area contributed by atoms with Gasteiger partial charge in [0, 0.05) is 24.2 Å². The smallest absolute Gasteiger partial charge is 0.0651 e. The fraction of sp³-hybridized carbons (Fsp3) is 0.364. The van der Waals surface area contributed by atoms with Gasteiger partial charge in [0.15, 0.2) is 0 Å². The normalized spacial score (nSPS) is 16.7. The maximum absolute atomic E-state index is 4.03. The molecule has 3 heteroatoms. The van der Waals surface area contributed by atoms with Crippen molar-refractivity contribution in [3.8, 4) is 0 Å². The van der Waals surface area contributed by atoms with Gasteiger partial charge in [-0.05, 0) is 31.0 Å². The van der Waals surface area contributed by atoms with E-state index in [4.69, 9.17) is 0 Å². The van der Waals surface area contributed by atoms with E-state index in [-0.39, 0.29) is 0 Å². The molecule has 1 aliphatic heterocycles. The molecule has 1 aromatic carbocycles. The van der Waals surface area contributed by atoms with Gasteiger partial charge in [0.2, 0.25) is 0 Å². The number of nitrogens with one attached hydrogen (secondary N) is 1. The molecule has 1 aromatic heterocycles. The highest BCUT2D eigenvalue weighted by atomic mass is 15.1. The van der Waals surface area contributed by atoms with Gasteiger partial charge in [-0.1, -0.05) is 0 Å². The molecule has 0 saturated carbocycles. The number of H-pyrrole nitrogens is 1. The van der Waals surface area contributed by atoms with Crippen molar-refractivity contribution in [2.75, 3.05) is 18.0 Å². The van der Waals surface area contributed by atoms with Crippen molar-refractivity contribution in [2.45, 2.75) is 12.8 Å². The van der Waals surface area contributed by atoms with Crippen molar-refractivity contribution in [2.24, 2.45) is 0 Å². The van der Waals surface area contributed by atoms with E-state index in [2.05, 4.69) is 33.3 Å². The number of hydrogen-bond donors (Lipinski definition) is 1. The van der Waals surface area contributed by atoms with Gasteiger partial charge in [0.1, 0.15) is 0 Å². The van der Waals surface area contributed by atoms with Crippen LogP contribution in [0.4, 0.5) is 5.69 Å². The van der Waals surface area contributed by atoms with Crippen molar-refractivity contribution in [1.29, 1.82) is 0 Å². The summed E-state index contributed by atoms with van der Waals surface area (Å²) in [5.74, 6) is 0. The summed E-state index contributed by atoms with van der Waals surface area (Å²) in [6, 6.07) is 6.49. The maximum atomic E-state index is 4.03. The molecule has 1 aliphatic rings. The number of rotatable bonds is 1. The minimum atomic E-state index is 1.12. The Labute approximate surface area is 82.7 Å². The average molecular weight is 187 g/mol. The minimum Gasteiger partial charge on any atom is -0.372 e. The van der Waals surface area contributed by atoms with Crippen LogP contribution in [0.5, 0.6) is 0 Å². The highest BCUT2D eigenvalue weighted by Crippen LogP contribution is 2.23. The lowest BCUT2D eigenvalue weighted by atomic mass is 10.2. The predicted molar refractivity (Wildman–Crippen MR) is 57.5 cm³/mol. The zero-order chi connectivity index (χ0) is 9.38. The lowest BCUT2D eigenvalue weighted by Crippen LogP contribution is -2.17. The highest BCUT2D eigenvalue weighted by Gasteiger charge is 2.12. The maximum Gasteiger partial charge on any atom is 0.0651 e. The molecule has 2 aromatic rings. The van der Waals surface area contributed by atoms with Gasteiger partial charge >= 0.3 is 0 Å². The van der Waals surface area contributed by atoms with Crippen molar-refractivity contribution in [1.82, 2.24) is 10.2 Å². The molecule has 0 aliphatic carbocycles. The third kappa shape index (κ3) is 1.16. The van der Waals surface area contributed by atoms with Crippen LogP contribution in [-0.2, 0) is 0 Å². The summed E-state index contributed by atoms with van der Waals surface area (Å²) in [5, 5.41) is 8.20. The molecule has 0 radical (unpaired) electrons. The molecular weight excluding hydrogens is 174 g/mol. The van der Waals surface area contributed by atoms with Crippen LogP contribution >= 0.6 is 0 Å². The first-order chi connectivity index (χ1) is 6.93. The Kier molecular flexibility index (Phi) is 1.69. The quantitative estimate of drug-likeness (QED) is 0.742. The summed E-state index contributed by atoms with van der Waals surface area (Å²) >= 11 is 0. The fourth-order valence-electron chi connectivity index (χ4n) is 2.10. The fourth-order valence-corrected chi connectivity index (χ4v) is 2.10. The predicted octanol–water partition coefficient (Wildman–Crippen LogP) is 2.16. The number of anilines is 1. The summed E-state index contributed by atoms with van der Waals surface area (Å²) in [6.07, 6.45) is 4.53. The second-order valence-electron chi connectivity index (χ2n) is 3.84. The minimum absolute atomic E-state index is 1.12. The van der Waals surface area contributed by atoms with Gasteiger partial charge < -0.3 is 4.90 Å². The Bertz CT molecular complexity index is 440. The largest absolute Gasteiger partial charge is 0.372 e. The SMILES string of the molecule is c1cc2[nH]ncc2cc1N1CCCC1. The Morgan fingerprint density at radius 3 is 2.93 bits per heavy atom. The van der Waals surface area contributed by atoms with Crippen molar-refractivity contribution in [3.05, 3.63) is 24.4 Å².